The minimum atomic E-state index is 0.538. The summed E-state index contributed by atoms with van der Waals surface area (Å²) < 4.78 is 0.538. The lowest BCUT2D eigenvalue weighted by molar-refractivity contribution is -1.08. The van der Waals surface area contributed by atoms with E-state index in [1.54, 1.807) is 7.11 Å². The van der Waals surface area contributed by atoms with Crippen LogP contribution in [0.4, 0.5) is 0 Å². The monoisotopic (exact) mass is 387 g/mol. The first-order chi connectivity index (χ1) is 13.3. The third-order valence-corrected chi connectivity index (χ3v) is 4.47. The predicted molar refractivity (Wildman–Crippen MR) is 119 cm³/mol. The molecule has 0 radical (unpaired) electrons. The second-order valence-corrected chi connectivity index (χ2v) is 7.86. The van der Waals surface area contributed by atoms with Crippen molar-refractivity contribution in [1.29, 1.82) is 0 Å². The largest absolute Gasteiger partial charge is 0.330 e. The number of rotatable bonds is 9. The molecule has 0 spiro atoms. The maximum atomic E-state index is 5.50. The van der Waals surface area contributed by atoms with Gasteiger partial charge in [-0.3, -0.25) is 0 Å². The second-order valence-electron chi connectivity index (χ2n) is 7.86. The van der Waals surface area contributed by atoms with Gasteiger partial charge in [-0.2, -0.15) is 4.65 Å². The van der Waals surface area contributed by atoms with Crippen LogP contribution in [-0.2, 0) is 30.8 Å². The molecule has 0 saturated heterocycles. The standard InChI is InChI=1S/C12H21N2O.C11H18N2/c1-14(2,15-3)10-12-6-4-11(5-7-12)8-9-13;1-13(2)9-11-5-3-10(4-6-11)7-8-12/h4-7H,8-10,13H2,1-3H3;3-6H,7-9,12H2,1-2H3/q+1;. The van der Waals surface area contributed by atoms with Gasteiger partial charge in [-0.15, -0.1) is 0 Å². The Morgan fingerprint density at radius 1 is 0.750 bits per heavy atom. The number of quaternary nitrogens is 1. The SMILES string of the molecule is CN(C)Cc1ccc(CCN)cc1.CO[N+](C)(C)Cc1ccc(CCN)cc1. The van der Waals surface area contributed by atoms with Crippen molar-refractivity contribution >= 4 is 0 Å². The van der Waals surface area contributed by atoms with Crippen LogP contribution in [0.15, 0.2) is 48.5 Å². The fraction of sp³-hybridized carbons (Fsp3) is 0.478. The molecule has 0 bridgehead atoms. The van der Waals surface area contributed by atoms with E-state index in [0.29, 0.717) is 11.2 Å². The summed E-state index contributed by atoms with van der Waals surface area (Å²) in [6.45, 7) is 3.31. The third kappa shape index (κ3) is 9.97. The van der Waals surface area contributed by atoms with E-state index in [1.165, 1.54) is 22.3 Å². The molecule has 5 heteroatoms. The van der Waals surface area contributed by atoms with Gasteiger partial charge in [0.05, 0.1) is 21.2 Å². The first-order valence-corrected chi connectivity index (χ1v) is 9.89. The van der Waals surface area contributed by atoms with Crippen molar-refractivity contribution < 1.29 is 9.48 Å². The predicted octanol–water partition coefficient (Wildman–Crippen LogP) is 2.58. The van der Waals surface area contributed by atoms with E-state index in [4.69, 9.17) is 16.3 Å². The molecule has 2 rings (SSSR count). The molecule has 0 atom stereocenters. The molecule has 0 aliphatic heterocycles. The molecule has 0 saturated carbocycles. The van der Waals surface area contributed by atoms with Crippen molar-refractivity contribution in [3.63, 3.8) is 0 Å². The Bertz CT molecular complexity index is 651. The third-order valence-electron chi connectivity index (χ3n) is 4.47. The summed E-state index contributed by atoms with van der Waals surface area (Å²) in [4.78, 5) is 7.50. The lowest BCUT2D eigenvalue weighted by Crippen LogP contribution is -2.37. The topological polar surface area (TPSA) is 64.5 Å². The summed E-state index contributed by atoms with van der Waals surface area (Å²) in [6.07, 6.45) is 1.92. The molecule has 4 N–H and O–H groups in total. The lowest BCUT2D eigenvalue weighted by Gasteiger charge is -2.24. The highest BCUT2D eigenvalue weighted by Crippen LogP contribution is 2.11. The number of hydrogen-bond acceptors (Lipinski definition) is 4. The van der Waals surface area contributed by atoms with E-state index < -0.39 is 0 Å². The molecular weight excluding hydrogens is 348 g/mol. The smallest absolute Gasteiger partial charge is 0.134 e. The molecule has 0 aliphatic carbocycles. The van der Waals surface area contributed by atoms with Crippen LogP contribution in [0.1, 0.15) is 22.3 Å². The first-order valence-electron chi connectivity index (χ1n) is 9.89. The summed E-state index contributed by atoms with van der Waals surface area (Å²) in [5.74, 6) is 0. The zero-order chi connectivity index (χ0) is 21.0. The maximum absolute atomic E-state index is 5.50. The van der Waals surface area contributed by atoms with Gasteiger partial charge in [-0.25, -0.2) is 4.84 Å². The normalized spacial score (nSPS) is 11.3. The van der Waals surface area contributed by atoms with Crippen LogP contribution in [0, 0.1) is 0 Å². The number of hydrogen-bond donors (Lipinski definition) is 2. The number of nitrogens with zero attached hydrogens (tertiary/aromatic N) is 2. The molecule has 2 aromatic rings. The van der Waals surface area contributed by atoms with Crippen LogP contribution in [0.2, 0.25) is 0 Å². The average molecular weight is 388 g/mol. The Balaban J connectivity index is 0.000000283. The Morgan fingerprint density at radius 3 is 1.50 bits per heavy atom. The van der Waals surface area contributed by atoms with Crippen LogP contribution in [0.25, 0.3) is 0 Å². The van der Waals surface area contributed by atoms with Crippen molar-refractivity contribution in [2.45, 2.75) is 25.9 Å². The van der Waals surface area contributed by atoms with E-state index >= 15 is 0 Å². The number of benzene rings is 2. The molecule has 5 nitrogen and oxygen atoms in total. The first kappa shape index (κ1) is 24.3. The fourth-order valence-corrected chi connectivity index (χ4v) is 2.83. The highest BCUT2D eigenvalue weighted by atomic mass is 16.7. The van der Waals surface area contributed by atoms with Gasteiger partial charge >= 0.3 is 0 Å². The summed E-state index contributed by atoms with van der Waals surface area (Å²) in [6, 6.07) is 17.2. The fourth-order valence-electron chi connectivity index (χ4n) is 2.83. The van der Waals surface area contributed by atoms with Gasteiger partial charge in [0, 0.05) is 12.1 Å². The molecule has 2 aromatic carbocycles. The molecule has 156 valence electrons. The van der Waals surface area contributed by atoms with Gasteiger partial charge in [-0.05, 0) is 56.7 Å². The van der Waals surface area contributed by atoms with Crippen LogP contribution < -0.4 is 11.5 Å². The Morgan fingerprint density at radius 2 is 1.14 bits per heavy atom. The minimum Gasteiger partial charge on any atom is -0.330 e. The number of hydroxylamine groups is 3. The zero-order valence-electron chi connectivity index (χ0n) is 18.3. The summed E-state index contributed by atoms with van der Waals surface area (Å²) >= 11 is 0. The number of nitrogens with two attached hydrogens (primary N) is 2. The molecule has 28 heavy (non-hydrogen) atoms. The van der Waals surface area contributed by atoms with E-state index in [2.05, 4.69) is 67.5 Å². The quantitative estimate of drug-likeness (QED) is 0.513. The van der Waals surface area contributed by atoms with E-state index in [0.717, 1.165) is 32.5 Å². The van der Waals surface area contributed by atoms with Crippen LogP contribution in [0.3, 0.4) is 0 Å². The van der Waals surface area contributed by atoms with Crippen LogP contribution in [-0.4, -0.2) is 57.9 Å². The zero-order valence-corrected chi connectivity index (χ0v) is 18.3. The van der Waals surface area contributed by atoms with E-state index in [1.807, 2.05) is 14.1 Å². The summed E-state index contributed by atoms with van der Waals surface area (Å²) in [5, 5.41) is 0. The van der Waals surface area contributed by atoms with Crippen molar-refractivity contribution in [2.24, 2.45) is 11.5 Å². The van der Waals surface area contributed by atoms with Crippen molar-refractivity contribution in [3.8, 4) is 0 Å². The van der Waals surface area contributed by atoms with Crippen LogP contribution in [0.5, 0.6) is 0 Å². The van der Waals surface area contributed by atoms with Crippen molar-refractivity contribution in [2.75, 3.05) is 48.4 Å². The van der Waals surface area contributed by atoms with Gasteiger partial charge < -0.3 is 16.4 Å². The summed E-state index contributed by atoms with van der Waals surface area (Å²) in [7, 11) is 9.95. The van der Waals surface area contributed by atoms with Gasteiger partial charge in [0.2, 0.25) is 0 Å². The van der Waals surface area contributed by atoms with Crippen molar-refractivity contribution in [3.05, 3.63) is 70.8 Å². The highest BCUT2D eigenvalue weighted by Gasteiger charge is 2.14. The van der Waals surface area contributed by atoms with Gasteiger partial charge in [-0.1, -0.05) is 48.5 Å². The molecular formula is C23H39N4O+. The second kappa shape index (κ2) is 12.6. The van der Waals surface area contributed by atoms with Gasteiger partial charge in [0.15, 0.2) is 0 Å². The Labute approximate surface area is 171 Å². The molecule has 0 aliphatic rings. The Hall–Kier alpha value is -1.76. The van der Waals surface area contributed by atoms with E-state index in [-0.39, 0.29) is 0 Å². The van der Waals surface area contributed by atoms with E-state index in [9.17, 15) is 0 Å². The minimum absolute atomic E-state index is 0.538. The molecule has 0 amide bonds. The molecule has 0 unspecified atom stereocenters. The molecule has 0 aromatic heterocycles. The Kier molecular flexibility index (Phi) is 11.0. The maximum Gasteiger partial charge on any atom is 0.134 e. The average Bonchev–Trinajstić information content (AvgIpc) is 2.65. The molecule has 0 fully saturated rings. The van der Waals surface area contributed by atoms with Crippen LogP contribution >= 0.6 is 0 Å². The van der Waals surface area contributed by atoms with Crippen molar-refractivity contribution in [1.82, 2.24) is 4.90 Å². The summed E-state index contributed by atoms with van der Waals surface area (Å²) in [5.41, 5.74) is 16.2. The highest BCUT2D eigenvalue weighted by molar-refractivity contribution is 5.23. The molecule has 0 heterocycles. The van der Waals surface area contributed by atoms with Gasteiger partial charge in [0.1, 0.15) is 6.54 Å². The van der Waals surface area contributed by atoms with Gasteiger partial charge in [0.25, 0.3) is 0 Å². The lowest BCUT2D eigenvalue weighted by atomic mass is 10.1.